The van der Waals surface area contributed by atoms with Gasteiger partial charge < -0.3 is 15.6 Å². The van der Waals surface area contributed by atoms with E-state index in [1.807, 2.05) is 24.3 Å². The summed E-state index contributed by atoms with van der Waals surface area (Å²) in [6, 6.07) is 9.36. The van der Waals surface area contributed by atoms with Crippen molar-refractivity contribution >= 4 is 23.4 Å². The number of carboxylic acid groups (broad SMARTS) is 1. The first-order valence-electron chi connectivity index (χ1n) is 6.35. The van der Waals surface area contributed by atoms with E-state index in [-0.39, 0.29) is 16.6 Å². The van der Waals surface area contributed by atoms with Crippen LogP contribution in [0.25, 0.3) is 11.3 Å². The number of benzene rings is 1. The van der Waals surface area contributed by atoms with E-state index >= 15 is 0 Å². The summed E-state index contributed by atoms with van der Waals surface area (Å²) in [4.78, 5) is 14.7. The van der Waals surface area contributed by atoms with Crippen LogP contribution in [-0.4, -0.2) is 16.2 Å². The molecule has 2 aromatic rings. The Morgan fingerprint density at radius 1 is 1.33 bits per heavy atom. The second-order valence-electron chi connectivity index (χ2n) is 4.86. The molecule has 0 amide bonds. The number of nitrogens with two attached hydrogens (primary N) is 1. The Morgan fingerprint density at radius 3 is 2.48 bits per heavy atom. The summed E-state index contributed by atoms with van der Waals surface area (Å²) in [5.74, 6) is 0.209. The van der Waals surface area contributed by atoms with Crippen LogP contribution in [0, 0.1) is 0 Å². The number of carbonyl (C=O) groups is 1. The molecule has 1 heterocycles. The Bertz CT molecular complexity index is 669. The lowest BCUT2D eigenvalue weighted by atomic mass is 10.0. The summed E-state index contributed by atoms with van der Waals surface area (Å²) in [6.07, 6.45) is -1.49. The van der Waals surface area contributed by atoms with Gasteiger partial charge in [0.2, 0.25) is 5.88 Å². The number of nitrogens with zero attached hydrogens (tertiary/aromatic N) is 1. The van der Waals surface area contributed by atoms with Crippen LogP contribution in [0.2, 0.25) is 5.02 Å². The van der Waals surface area contributed by atoms with Crippen molar-refractivity contribution in [2.45, 2.75) is 19.8 Å². The molecule has 1 aromatic heterocycles. The van der Waals surface area contributed by atoms with Crippen LogP contribution < -0.4 is 10.5 Å². The molecule has 110 valence electrons. The number of hydrogen-bond acceptors (Lipinski definition) is 4. The van der Waals surface area contributed by atoms with Gasteiger partial charge in [0.15, 0.2) is 0 Å². The standard InChI is InChI=1S/C15H15ClN2O3/c1-8(2)9-3-5-10(6-4-9)12-7-11(17)13(16)14(18-12)21-15(19)20/h3-8H,1-2H3,(H2,17,18)(H,19,20). The highest BCUT2D eigenvalue weighted by Gasteiger charge is 2.14. The van der Waals surface area contributed by atoms with Gasteiger partial charge in [-0.2, -0.15) is 0 Å². The second kappa shape index (κ2) is 6.01. The first-order chi connectivity index (χ1) is 9.88. The van der Waals surface area contributed by atoms with Gasteiger partial charge in [-0.3, -0.25) is 0 Å². The Labute approximate surface area is 127 Å². The summed E-state index contributed by atoms with van der Waals surface area (Å²) in [5.41, 5.74) is 8.49. The molecule has 3 N–H and O–H groups in total. The van der Waals surface area contributed by atoms with Crippen molar-refractivity contribution in [1.29, 1.82) is 0 Å². The van der Waals surface area contributed by atoms with E-state index in [2.05, 4.69) is 23.6 Å². The minimum Gasteiger partial charge on any atom is -0.449 e. The van der Waals surface area contributed by atoms with Gasteiger partial charge in [0, 0.05) is 5.56 Å². The molecule has 0 bridgehead atoms. The summed E-state index contributed by atoms with van der Waals surface area (Å²) in [6.45, 7) is 4.21. The third-order valence-electron chi connectivity index (χ3n) is 3.01. The molecular formula is C15H15ClN2O3. The van der Waals surface area contributed by atoms with Crippen LogP contribution in [0.15, 0.2) is 30.3 Å². The number of hydrogen-bond donors (Lipinski definition) is 2. The molecule has 0 saturated carbocycles. The topological polar surface area (TPSA) is 85.4 Å². The third kappa shape index (κ3) is 3.44. The molecule has 21 heavy (non-hydrogen) atoms. The molecule has 6 heteroatoms. The van der Waals surface area contributed by atoms with E-state index in [1.54, 1.807) is 6.07 Å². The maximum Gasteiger partial charge on any atom is 0.512 e. The number of pyridine rings is 1. The molecular weight excluding hydrogens is 292 g/mol. The van der Waals surface area contributed by atoms with Crippen LogP contribution >= 0.6 is 11.6 Å². The molecule has 0 saturated heterocycles. The average Bonchev–Trinajstić information content (AvgIpc) is 2.43. The Kier molecular flexibility index (Phi) is 4.33. The lowest BCUT2D eigenvalue weighted by Gasteiger charge is -2.10. The van der Waals surface area contributed by atoms with Gasteiger partial charge in [-0.05, 0) is 17.5 Å². The Hall–Kier alpha value is -2.27. The Balaban J connectivity index is 2.43. The zero-order chi connectivity index (χ0) is 15.6. The molecule has 0 atom stereocenters. The lowest BCUT2D eigenvalue weighted by Crippen LogP contribution is -2.06. The molecule has 0 unspecified atom stereocenters. The van der Waals surface area contributed by atoms with E-state index in [0.717, 1.165) is 5.56 Å². The number of nitrogen functional groups attached to an aromatic ring is 1. The number of anilines is 1. The van der Waals surface area contributed by atoms with E-state index in [9.17, 15) is 4.79 Å². The highest BCUT2D eigenvalue weighted by atomic mass is 35.5. The summed E-state index contributed by atoms with van der Waals surface area (Å²) >= 11 is 5.89. The van der Waals surface area contributed by atoms with Crippen molar-refractivity contribution < 1.29 is 14.6 Å². The zero-order valence-corrected chi connectivity index (χ0v) is 12.4. The average molecular weight is 307 g/mol. The van der Waals surface area contributed by atoms with Gasteiger partial charge in [-0.15, -0.1) is 0 Å². The van der Waals surface area contributed by atoms with Crippen LogP contribution in [0.4, 0.5) is 10.5 Å². The van der Waals surface area contributed by atoms with Crippen molar-refractivity contribution in [3.05, 3.63) is 40.9 Å². The number of halogens is 1. The van der Waals surface area contributed by atoms with Gasteiger partial charge in [0.05, 0.1) is 11.4 Å². The van der Waals surface area contributed by atoms with Gasteiger partial charge in [0.1, 0.15) is 5.02 Å². The van der Waals surface area contributed by atoms with Crippen LogP contribution in [0.5, 0.6) is 5.88 Å². The van der Waals surface area contributed by atoms with Crippen LogP contribution in [0.3, 0.4) is 0 Å². The predicted molar refractivity (Wildman–Crippen MR) is 81.8 cm³/mol. The molecule has 0 aliphatic heterocycles. The molecule has 5 nitrogen and oxygen atoms in total. The molecule has 0 radical (unpaired) electrons. The van der Waals surface area contributed by atoms with Gasteiger partial charge in [0.25, 0.3) is 0 Å². The third-order valence-corrected chi connectivity index (χ3v) is 3.39. The van der Waals surface area contributed by atoms with Crippen molar-refractivity contribution in [2.75, 3.05) is 5.73 Å². The van der Waals surface area contributed by atoms with Gasteiger partial charge >= 0.3 is 6.16 Å². The van der Waals surface area contributed by atoms with Crippen molar-refractivity contribution in [1.82, 2.24) is 4.98 Å². The van der Waals surface area contributed by atoms with E-state index < -0.39 is 6.16 Å². The SMILES string of the molecule is CC(C)c1ccc(-c2cc(N)c(Cl)c(OC(=O)O)n2)cc1. The van der Waals surface area contributed by atoms with E-state index in [0.29, 0.717) is 11.6 Å². The minimum atomic E-state index is -1.49. The van der Waals surface area contributed by atoms with Crippen LogP contribution in [-0.2, 0) is 0 Å². The molecule has 0 aliphatic carbocycles. The maximum atomic E-state index is 10.6. The number of ether oxygens (including phenoxy) is 1. The smallest absolute Gasteiger partial charge is 0.449 e. The molecule has 0 aliphatic rings. The number of aromatic nitrogens is 1. The van der Waals surface area contributed by atoms with Crippen molar-refractivity contribution in [3.63, 3.8) is 0 Å². The monoisotopic (exact) mass is 306 g/mol. The highest BCUT2D eigenvalue weighted by Crippen LogP contribution is 2.33. The highest BCUT2D eigenvalue weighted by molar-refractivity contribution is 6.34. The largest absolute Gasteiger partial charge is 0.512 e. The first kappa shape index (κ1) is 15.1. The summed E-state index contributed by atoms with van der Waals surface area (Å²) in [7, 11) is 0. The first-order valence-corrected chi connectivity index (χ1v) is 6.73. The van der Waals surface area contributed by atoms with Crippen molar-refractivity contribution in [3.8, 4) is 17.1 Å². The van der Waals surface area contributed by atoms with E-state index in [4.69, 9.17) is 22.4 Å². The van der Waals surface area contributed by atoms with Crippen molar-refractivity contribution in [2.24, 2.45) is 0 Å². The molecule has 0 fully saturated rings. The van der Waals surface area contributed by atoms with Gasteiger partial charge in [-0.25, -0.2) is 9.78 Å². The second-order valence-corrected chi connectivity index (χ2v) is 5.24. The summed E-state index contributed by atoms with van der Waals surface area (Å²) < 4.78 is 4.54. The van der Waals surface area contributed by atoms with E-state index in [1.165, 1.54) is 5.56 Å². The fourth-order valence-electron chi connectivity index (χ4n) is 1.86. The predicted octanol–water partition coefficient (Wildman–Crippen LogP) is 4.16. The maximum absolute atomic E-state index is 10.6. The quantitative estimate of drug-likeness (QED) is 0.831. The fraction of sp³-hybridized carbons (Fsp3) is 0.200. The molecule has 0 spiro atoms. The minimum absolute atomic E-state index is 0.0139. The molecule has 2 rings (SSSR count). The lowest BCUT2D eigenvalue weighted by molar-refractivity contribution is 0.142. The van der Waals surface area contributed by atoms with Gasteiger partial charge in [-0.1, -0.05) is 49.7 Å². The summed E-state index contributed by atoms with van der Waals surface area (Å²) in [5, 5.41) is 8.67. The molecule has 1 aromatic carbocycles. The van der Waals surface area contributed by atoms with Crippen LogP contribution in [0.1, 0.15) is 25.3 Å². The fourth-order valence-corrected chi connectivity index (χ4v) is 2.00. The zero-order valence-electron chi connectivity index (χ0n) is 11.6. The normalized spacial score (nSPS) is 10.7. The Morgan fingerprint density at radius 2 is 1.95 bits per heavy atom. The number of rotatable bonds is 3.